The predicted octanol–water partition coefficient (Wildman–Crippen LogP) is 3.93. The normalized spacial score (nSPS) is 13.0. The molecule has 4 heteroatoms. The van der Waals surface area contributed by atoms with Crippen molar-refractivity contribution in [2.45, 2.75) is 6.42 Å². The van der Waals surface area contributed by atoms with Crippen LogP contribution in [0, 0.1) is 0 Å². The van der Waals surface area contributed by atoms with Crippen LogP contribution in [0.2, 0.25) is 5.02 Å². The molecule has 1 aliphatic rings. The van der Waals surface area contributed by atoms with Crippen LogP contribution in [0.15, 0.2) is 48.5 Å². The minimum atomic E-state index is -0.163. The number of hydrogen-bond acceptors (Lipinski definition) is 2. The number of benzene rings is 2. The Morgan fingerprint density at radius 3 is 2.81 bits per heavy atom. The molecule has 3 rings (SSSR count). The molecule has 0 spiro atoms. The molecular formula is C17H14ClNO2. The van der Waals surface area contributed by atoms with Gasteiger partial charge in [-0.3, -0.25) is 4.79 Å². The van der Waals surface area contributed by atoms with Crippen molar-refractivity contribution in [2.75, 3.05) is 11.9 Å². The number of amides is 1. The van der Waals surface area contributed by atoms with E-state index in [0.717, 1.165) is 29.0 Å². The monoisotopic (exact) mass is 299 g/mol. The Kier molecular flexibility index (Phi) is 3.93. The average Bonchev–Trinajstić information content (AvgIpc) is 2.94. The summed E-state index contributed by atoms with van der Waals surface area (Å²) in [5, 5.41) is 3.52. The van der Waals surface area contributed by atoms with Gasteiger partial charge in [0.05, 0.1) is 6.61 Å². The van der Waals surface area contributed by atoms with E-state index in [9.17, 15) is 4.79 Å². The van der Waals surface area contributed by atoms with Crippen LogP contribution in [0.5, 0.6) is 5.75 Å². The number of hydrogen-bond donors (Lipinski definition) is 1. The Bertz CT molecular complexity index is 692. The second kappa shape index (κ2) is 6.02. The van der Waals surface area contributed by atoms with E-state index in [2.05, 4.69) is 5.32 Å². The summed E-state index contributed by atoms with van der Waals surface area (Å²) in [6.45, 7) is 0.712. The Labute approximate surface area is 128 Å². The van der Waals surface area contributed by atoms with Crippen LogP contribution in [0.25, 0.3) is 6.08 Å². The average molecular weight is 300 g/mol. The first-order chi connectivity index (χ1) is 10.2. The first-order valence-electron chi connectivity index (χ1n) is 6.71. The lowest BCUT2D eigenvalue weighted by Gasteiger charge is -2.04. The van der Waals surface area contributed by atoms with E-state index >= 15 is 0 Å². The number of rotatable bonds is 3. The van der Waals surface area contributed by atoms with Gasteiger partial charge < -0.3 is 10.1 Å². The molecule has 0 saturated carbocycles. The molecule has 0 bridgehead atoms. The summed E-state index contributed by atoms with van der Waals surface area (Å²) >= 11 is 5.81. The summed E-state index contributed by atoms with van der Waals surface area (Å²) in [5.74, 6) is 0.744. The highest BCUT2D eigenvalue weighted by molar-refractivity contribution is 6.30. The van der Waals surface area contributed by atoms with Gasteiger partial charge in [-0.25, -0.2) is 0 Å². The van der Waals surface area contributed by atoms with E-state index in [1.807, 2.05) is 30.3 Å². The van der Waals surface area contributed by atoms with Crippen molar-refractivity contribution < 1.29 is 9.53 Å². The van der Waals surface area contributed by atoms with Gasteiger partial charge in [0, 0.05) is 23.2 Å². The topological polar surface area (TPSA) is 38.3 Å². The summed E-state index contributed by atoms with van der Waals surface area (Å²) in [6.07, 6.45) is 4.15. The van der Waals surface area contributed by atoms with Gasteiger partial charge in [0.2, 0.25) is 5.91 Å². The molecule has 2 aromatic carbocycles. The molecule has 0 atom stereocenters. The number of fused-ring (bicyclic) bond motifs is 1. The van der Waals surface area contributed by atoms with Crippen molar-refractivity contribution in [3.63, 3.8) is 0 Å². The highest BCUT2D eigenvalue weighted by atomic mass is 35.5. The van der Waals surface area contributed by atoms with Gasteiger partial charge in [0.15, 0.2) is 0 Å². The van der Waals surface area contributed by atoms with Gasteiger partial charge in [0.25, 0.3) is 0 Å². The molecule has 21 heavy (non-hydrogen) atoms. The van der Waals surface area contributed by atoms with Gasteiger partial charge in [-0.15, -0.1) is 0 Å². The summed E-state index contributed by atoms with van der Waals surface area (Å²) in [7, 11) is 0. The standard InChI is InChI=1S/C17H14ClNO2/c18-14-4-1-12(2-5-14)3-8-17(20)19-15-6-7-16-13(11-15)9-10-21-16/h1-8,11H,9-10H2,(H,19,20)/b8-3+. The number of ether oxygens (including phenoxy) is 1. The Balaban J connectivity index is 1.65. The maximum atomic E-state index is 11.9. The fraction of sp³-hybridized carbons (Fsp3) is 0.118. The van der Waals surface area contributed by atoms with E-state index in [-0.39, 0.29) is 5.91 Å². The molecule has 1 heterocycles. The van der Waals surface area contributed by atoms with Crippen molar-refractivity contribution in [3.8, 4) is 5.75 Å². The maximum Gasteiger partial charge on any atom is 0.248 e. The second-order valence-corrected chi connectivity index (χ2v) is 5.23. The van der Waals surface area contributed by atoms with Crippen LogP contribution in [0.3, 0.4) is 0 Å². The lowest BCUT2D eigenvalue weighted by molar-refractivity contribution is -0.111. The molecule has 0 fully saturated rings. The van der Waals surface area contributed by atoms with Crippen LogP contribution >= 0.6 is 11.6 Å². The molecule has 1 aliphatic heterocycles. The Morgan fingerprint density at radius 2 is 2.00 bits per heavy atom. The Hall–Kier alpha value is -2.26. The van der Waals surface area contributed by atoms with E-state index in [0.29, 0.717) is 11.6 Å². The summed E-state index contributed by atoms with van der Waals surface area (Å²) in [4.78, 5) is 11.9. The zero-order chi connectivity index (χ0) is 14.7. The van der Waals surface area contributed by atoms with Crippen molar-refractivity contribution in [1.29, 1.82) is 0 Å². The summed E-state index contributed by atoms with van der Waals surface area (Å²) in [5.41, 5.74) is 2.84. The molecule has 0 radical (unpaired) electrons. The highest BCUT2D eigenvalue weighted by Crippen LogP contribution is 2.27. The van der Waals surface area contributed by atoms with E-state index in [1.165, 1.54) is 6.08 Å². The largest absolute Gasteiger partial charge is 0.493 e. The van der Waals surface area contributed by atoms with Crippen LogP contribution in [-0.2, 0) is 11.2 Å². The summed E-state index contributed by atoms with van der Waals surface area (Å²) in [6, 6.07) is 13.0. The number of carbonyl (C=O) groups is 1. The zero-order valence-electron chi connectivity index (χ0n) is 11.3. The van der Waals surface area contributed by atoms with Gasteiger partial charge >= 0.3 is 0 Å². The molecule has 0 unspecified atom stereocenters. The van der Waals surface area contributed by atoms with Crippen LogP contribution in [-0.4, -0.2) is 12.5 Å². The molecule has 0 aliphatic carbocycles. The number of anilines is 1. The first kappa shape index (κ1) is 13.7. The predicted molar refractivity (Wildman–Crippen MR) is 84.8 cm³/mol. The minimum absolute atomic E-state index is 0.163. The number of carbonyl (C=O) groups excluding carboxylic acids is 1. The third-order valence-corrected chi connectivity index (χ3v) is 3.51. The fourth-order valence-electron chi connectivity index (χ4n) is 2.19. The molecule has 1 N–H and O–H groups in total. The molecule has 2 aromatic rings. The lowest BCUT2D eigenvalue weighted by Crippen LogP contribution is -2.07. The van der Waals surface area contributed by atoms with Gasteiger partial charge in [-0.05, 0) is 47.5 Å². The molecule has 1 amide bonds. The van der Waals surface area contributed by atoms with E-state index < -0.39 is 0 Å². The third kappa shape index (κ3) is 3.44. The molecular weight excluding hydrogens is 286 g/mol. The van der Waals surface area contributed by atoms with Crippen molar-refractivity contribution >= 4 is 29.3 Å². The first-order valence-corrected chi connectivity index (χ1v) is 7.09. The quantitative estimate of drug-likeness (QED) is 0.872. The molecule has 106 valence electrons. The fourth-order valence-corrected chi connectivity index (χ4v) is 2.32. The molecule has 0 saturated heterocycles. The zero-order valence-corrected chi connectivity index (χ0v) is 12.1. The number of nitrogens with one attached hydrogen (secondary N) is 1. The van der Waals surface area contributed by atoms with E-state index in [1.54, 1.807) is 18.2 Å². The SMILES string of the molecule is O=C(/C=C/c1ccc(Cl)cc1)Nc1ccc2c(c1)CCO2. The van der Waals surface area contributed by atoms with Crippen LogP contribution in [0.4, 0.5) is 5.69 Å². The van der Waals surface area contributed by atoms with Gasteiger partial charge in [-0.1, -0.05) is 23.7 Å². The highest BCUT2D eigenvalue weighted by Gasteiger charge is 2.12. The van der Waals surface area contributed by atoms with E-state index in [4.69, 9.17) is 16.3 Å². The van der Waals surface area contributed by atoms with Crippen molar-refractivity contribution in [3.05, 3.63) is 64.7 Å². The molecule has 0 aromatic heterocycles. The summed E-state index contributed by atoms with van der Waals surface area (Å²) < 4.78 is 5.44. The lowest BCUT2D eigenvalue weighted by atomic mass is 10.1. The van der Waals surface area contributed by atoms with Crippen LogP contribution in [0.1, 0.15) is 11.1 Å². The van der Waals surface area contributed by atoms with Crippen molar-refractivity contribution in [2.24, 2.45) is 0 Å². The number of halogens is 1. The third-order valence-electron chi connectivity index (χ3n) is 3.25. The second-order valence-electron chi connectivity index (χ2n) is 4.80. The van der Waals surface area contributed by atoms with Crippen molar-refractivity contribution in [1.82, 2.24) is 0 Å². The van der Waals surface area contributed by atoms with Gasteiger partial charge in [-0.2, -0.15) is 0 Å². The minimum Gasteiger partial charge on any atom is -0.493 e. The molecule has 3 nitrogen and oxygen atoms in total. The van der Waals surface area contributed by atoms with Gasteiger partial charge in [0.1, 0.15) is 5.75 Å². The smallest absolute Gasteiger partial charge is 0.248 e. The Morgan fingerprint density at radius 1 is 1.19 bits per heavy atom. The maximum absolute atomic E-state index is 11.9. The van der Waals surface area contributed by atoms with Crippen LogP contribution < -0.4 is 10.1 Å².